The average Bonchev–Trinajstić information content (AvgIpc) is 2.67. The van der Waals surface area contributed by atoms with Crippen LogP contribution in [0.2, 0.25) is 0 Å². The van der Waals surface area contributed by atoms with Crippen LogP contribution in [0, 0.1) is 5.41 Å². The predicted molar refractivity (Wildman–Crippen MR) is 113 cm³/mol. The Balaban J connectivity index is 2.05. The second-order valence-electron chi connectivity index (χ2n) is 5.89. The monoisotopic (exact) mass is 346 g/mol. The van der Waals surface area contributed by atoms with Crippen LogP contribution in [-0.4, -0.2) is 24.8 Å². The largest absolute Gasteiger partial charge is 0.356 e. The van der Waals surface area contributed by atoms with Gasteiger partial charge in [0.2, 0.25) is 0 Å². The molecular formula is C22H26N4. The van der Waals surface area contributed by atoms with Crippen molar-refractivity contribution in [3.8, 4) is 0 Å². The molecule has 0 aliphatic heterocycles. The molecule has 0 aliphatic carbocycles. The Bertz CT molecular complexity index is 801. The van der Waals surface area contributed by atoms with Crippen LogP contribution in [0.5, 0.6) is 0 Å². The molecule has 1 aromatic carbocycles. The minimum atomic E-state index is 0.791. The highest BCUT2D eigenvalue weighted by Crippen LogP contribution is 2.19. The molecular weight excluding hydrogens is 320 g/mol. The molecule has 0 bridgehead atoms. The number of likely N-dealkylation sites (N-methyl/N-ethyl adjacent to an activating group) is 1. The highest BCUT2D eigenvalue weighted by Gasteiger charge is 2.03. The summed E-state index contributed by atoms with van der Waals surface area (Å²) in [6, 6.07) is 10.3. The molecule has 26 heavy (non-hydrogen) atoms. The number of aromatic nitrogens is 1. The normalized spacial score (nSPS) is 11.5. The van der Waals surface area contributed by atoms with Gasteiger partial charge in [0, 0.05) is 35.6 Å². The summed E-state index contributed by atoms with van der Waals surface area (Å²) < 4.78 is 0. The van der Waals surface area contributed by atoms with E-state index in [4.69, 9.17) is 5.41 Å². The summed E-state index contributed by atoms with van der Waals surface area (Å²) in [6.07, 6.45) is 11.7. The van der Waals surface area contributed by atoms with Crippen LogP contribution < -0.4 is 10.6 Å². The molecule has 1 aromatic heterocycles. The van der Waals surface area contributed by atoms with Crippen LogP contribution in [0.4, 0.5) is 5.69 Å². The Morgan fingerprint density at radius 1 is 1.23 bits per heavy atom. The van der Waals surface area contributed by atoms with Gasteiger partial charge < -0.3 is 16.0 Å². The van der Waals surface area contributed by atoms with Crippen molar-refractivity contribution in [2.75, 3.05) is 18.9 Å². The minimum Gasteiger partial charge on any atom is -0.356 e. The van der Waals surface area contributed by atoms with Crippen LogP contribution in [-0.2, 0) is 6.42 Å². The van der Waals surface area contributed by atoms with Crippen LogP contribution in [0.3, 0.4) is 0 Å². The number of hydrogen-bond acceptors (Lipinski definition) is 4. The van der Waals surface area contributed by atoms with Gasteiger partial charge in [-0.1, -0.05) is 30.9 Å². The number of allylic oxidation sites excluding steroid dienone is 3. The van der Waals surface area contributed by atoms with E-state index in [0.717, 1.165) is 41.1 Å². The number of rotatable bonds is 9. The van der Waals surface area contributed by atoms with Crippen molar-refractivity contribution in [2.45, 2.75) is 13.3 Å². The van der Waals surface area contributed by atoms with E-state index in [1.807, 2.05) is 38.3 Å². The van der Waals surface area contributed by atoms with Crippen LogP contribution in [0.15, 0.2) is 67.2 Å². The molecule has 0 radical (unpaired) electrons. The van der Waals surface area contributed by atoms with Crippen molar-refractivity contribution in [3.05, 3.63) is 83.8 Å². The van der Waals surface area contributed by atoms with E-state index in [1.165, 1.54) is 11.8 Å². The molecule has 0 fully saturated rings. The van der Waals surface area contributed by atoms with E-state index in [2.05, 4.69) is 46.5 Å². The van der Waals surface area contributed by atoms with Crippen molar-refractivity contribution in [2.24, 2.45) is 0 Å². The predicted octanol–water partition coefficient (Wildman–Crippen LogP) is 4.54. The van der Waals surface area contributed by atoms with E-state index in [9.17, 15) is 0 Å². The van der Waals surface area contributed by atoms with Crippen molar-refractivity contribution in [3.63, 3.8) is 0 Å². The fourth-order valence-electron chi connectivity index (χ4n) is 2.56. The maximum absolute atomic E-state index is 7.55. The second kappa shape index (κ2) is 10.1. The number of nitrogens with zero attached hydrogens (tertiary/aromatic N) is 1. The molecule has 4 nitrogen and oxygen atoms in total. The van der Waals surface area contributed by atoms with Gasteiger partial charge in [-0.05, 0) is 67.9 Å². The molecule has 2 aromatic rings. The lowest BCUT2D eigenvalue weighted by Crippen LogP contribution is -2.10. The summed E-state index contributed by atoms with van der Waals surface area (Å²) in [4.78, 5) is 4.18. The third kappa shape index (κ3) is 5.53. The fraction of sp³-hybridized carbons (Fsp3) is 0.182. The van der Waals surface area contributed by atoms with Gasteiger partial charge in [-0.2, -0.15) is 0 Å². The molecule has 4 heteroatoms. The summed E-state index contributed by atoms with van der Waals surface area (Å²) in [5, 5.41) is 14.0. The fourth-order valence-corrected chi connectivity index (χ4v) is 2.56. The maximum atomic E-state index is 7.55. The Hall–Kier alpha value is -2.98. The lowest BCUT2D eigenvalue weighted by atomic mass is 10.0. The van der Waals surface area contributed by atoms with Crippen molar-refractivity contribution in [1.29, 1.82) is 5.41 Å². The molecule has 134 valence electrons. The SMILES string of the molecule is C=C(/C=C/c1cnccc1/C(C=N)=C/C)Nc1ccc(CCNC)cc1. The van der Waals surface area contributed by atoms with Crippen molar-refractivity contribution in [1.82, 2.24) is 10.3 Å². The molecule has 0 unspecified atom stereocenters. The smallest absolute Gasteiger partial charge is 0.0384 e. The highest BCUT2D eigenvalue weighted by atomic mass is 14.9. The summed E-state index contributed by atoms with van der Waals surface area (Å²) in [7, 11) is 1.96. The van der Waals surface area contributed by atoms with Crippen molar-refractivity contribution >= 4 is 23.6 Å². The Kier molecular flexibility index (Phi) is 7.52. The van der Waals surface area contributed by atoms with E-state index < -0.39 is 0 Å². The molecule has 0 atom stereocenters. The number of anilines is 1. The van der Waals surface area contributed by atoms with Gasteiger partial charge in [0.15, 0.2) is 0 Å². The first-order valence-corrected chi connectivity index (χ1v) is 8.66. The van der Waals surface area contributed by atoms with Crippen LogP contribution in [0.1, 0.15) is 23.6 Å². The lowest BCUT2D eigenvalue weighted by Gasteiger charge is -2.08. The first-order chi connectivity index (χ1) is 12.7. The van der Waals surface area contributed by atoms with E-state index >= 15 is 0 Å². The number of hydrogen-bond donors (Lipinski definition) is 3. The number of pyridine rings is 1. The molecule has 0 saturated carbocycles. The maximum Gasteiger partial charge on any atom is 0.0384 e. The molecule has 0 saturated heterocycles. The quantitative estimate of drug-likeness (QED) is 0.461. The van der Waals surface area contributed by atoms with Crippen LogP contribution in [0.25, 0.3) is 11.6 Å². The summed E-state index contributed by atoms with van der Waals surface area (Å²) in [5.41, 5.74) is 5.90. The van der Waals surface area contributed by atoms with Gasteiger partial charge in [0.05, 0.1) is 0 Å². The third-order valence-electron chi connectivity index (χ3n) is 4.02. The summed E-state index contributed by atoms with van der Waals surface area (Å²) in [5.74, 6) is 0. The van der Waals surface area contributed by atoms with Crippen LogP contribution >= 0.6 is 0 Å². The van der Waals surface area contributed by atoms with Gasteiger partial charge in [-0.15, -0.1) is 0 Å². The zero-order chi connectivity index (χ0) is 18.8. The molecule has 1 heterocycles. The lowest BCUT2D eigenvalue weighted by molar-refractivity contribution is 0.792. The van der Waals surface area contributed by atoms with E-state index in [1.54, 1.807) is 12.4 Å². The third-order valence-corrected chi connectivity index (χ3v) is 4.02. The Morgan fingerprint density at radius 3 is 2.65 bits per heavy atom. The second-order valence-corrected chi connectivity index (χ2v) is 5.89. The molecule has 3 N–H and O–H groups in total. The van der Waals surface area contributed by atoms with E-state index in [0.29, 0.717) is 0 Å². The zero-order valence-electron chi connectivity index (χ0n) is 15.4. The molecule has 0 amide bonds. The van der Waals surface area contributed by atoms with Crippen molar-refractivity contribution < 1.29 is 0 Å². The molecule has 0 spiro atoms. The van der Waals surface area contributed by atoms with Gasteiger partial charge in [-0.25, -0.2) is 0 Å². The van der Waals surface area contributed by atoms with Gasteiger partial charge in [-0.3, -0.25) is 4.98 Å². The van der Waals surface area contributed by atoms with Gasteiger partial charge in [0.1, 0.15) is 0 Å². The summed E-state index contributed by atoms with van der Waals surface area (Å²) >= 11 is 0. The standard InChI is InChI=1S/C22H26N4/c1-4-19(15-23)22-12-14-25-16-20(22)8-5-17(2)26-21-9-6-18(7-10-21)11-13-24-3/h4-10,12,14-16,23-24,26H,2,11,13H2,1,3H3/b8-5+,19-4+,23-15?. The minimum absolute atomic E-state index is 0.791. The Morgan fingerprint density at radius 2 is 2.00 bits per heavy atom. The number of nitrogens with one attached hydrogen (secondary N) is 3. The van der Waals surface area contributed by atoms with Gasteiger partial charge >= 0.3 is 0 Å². The first kappa shape index (κ1) is 19.3. The average molecular weight is 346 g/mol. The Labute approximate surface area is 155 Å². The van der Waals surface area contributed by atoms with E-state index in [-0.39, 0.29) is 0 Å². The van der Waals surface area contributed by atoms with Gasteiger partial charge in [0.25, 0.3) is 0 Å². The molecule has 0 aliphatic rings. The topological polar surface area (TPSA) is 60.8 Å². The number of benzene rings is 1. The zero-order valence-corrected chi connectivity index (χ0v) is 15.4. The first-order valence-electron chi connectivity index (χ1n) is 8.66. The molecule has 2 rings (SSSR count). The highest BCUT2D eigenvalue weighted by molar-refractivity contribution is 6.09. The summed E-state index contributed by atoms with van der Waals surface area (Å²) in [6.45, 7) is 6.96.